The second-order valence-corrected chi connectivity index (χ2v) is 14.4. The molecule has 0 atom stereocenters. The van der Waals surface area contributed by atoms with Gasteiger partial charge >= 0.3 is 0 Å². The van der Waals surface area contributed by atoms with E-state index in [0.717, 1.165) is 49.8 Å². The zero-order chi connectivity index (χ0) is 35.3. The average molecular weight is 681 g/mol. The summed E-state index contributed by atoms with van der Waals surface area (Å²) < 4.78 is 8.78. The van der Waals surface area contributed by atoms with E-state index in [1.807, 2.05) is 66.7 Å². The summed E-state index contributed by atoms with van der Waals surface area (Å²) in [4.78, 5) is 15.0. The van der Waals surface area contributed by atoms with Crippen molar-refractivity contribution in [2.45, 2.75) is 19.3 Å². The van der Waals surface area contributed by atoms with Crippen molar-refractivity contribution >= 4 is 43.7 Å². The summed E-state index contributed by atoms with van der Waals surface area (Å²) in [6.45, 7) is 4.71. The van der Waals surface area contributed by atoms with Gasteiger partial charge in [0, 0.05) is 49.3 Å². The molecule has 1 aliphatic carbocycles. The average Bonchev–Trinajstić information content (AvgIpc) is 3.82. The van der Waals surface area contributed by atoms with E-state index < -0.39 is 0 Å². The van der Waals surface area contributed by atoms with E-state index in [1.54, 1.807) is 0 Å². The van der Waals surface area contributed by atoms with Crippen molar-refractivity contribution < 1.29 is 4.42 Å². The number of benzene rings is 7. The molecule has 250 valence electrons. The third-order valence-electron chi connectivity index (χ3n) is 11.0. The van der Waals surface area contributed by atoms with Gasteiger partial charge in [-0.1, -0.05) is 129 Å². The molecule has 5 nitrogen and oxygen atoms in total. The van der Waals surface area contributed by atoms with Crippen LogP contribution in [-0.2, 0) is 5.41 Å². The van der Waals surface area contributed by atoms with Gasteiger partial charge in [0.15, 0.2) is 17.5 Å². The molecule has 53 heavy (non-hydrogen) atoms. The van der Waals surface area contributed by atoms with Gasteiger partial charge in [0.2, 0.25) is 0 Å². The molecule has 1 aliphatic rings. The van der Waals surface area contributed by atoms with E-state index in [0.29, 0.717) is 17.5 Å². The van der Waals surface area contributed by atoms with Crippen molar-refractivity contribution in [3.63, 3.8) is 0 Å². The fourth-order valence-corrected chi connectivity index (χ4v) is 8.58. The molecule has 0 saturated carbocycles. The molecule has 0 spiro atoms. The smallest absolute Gasteiger partial charge is 0.164 e. The SMILES string of the molecule is CC1(C)c2cc3oc4ccccc4c3cc2-c2ccc3c(c21)c1ccccc1n3-c1cccc(-c2nc(-c3ccccc3)nc(-c3ccccc3)n2)c1. The number of aromatic nitrogens is 4. The third kappa shape index (κ3) is 4.40. The minimum Gasteiger partial charge on any atom is -0.456 e. The first kappa shape index (κ1) is 29.8. The van der Waals surface area contributed by atoms with Gasteiger partial charge in [-0.3, -0.25) is 0 Å². The Labute approximate surface area is 305 Å². The quantitative estimate of drug-likeness (QED) is 0.186. The molecule has 0 saturated heterocycles. The third-order valence-corrected chi connectivity index (χ3v) is 11.0. The van der Waals surface area contributed by atoms with Crippen LogP contribution in [-0.4, -0.2) is 19.5 Å². The van der Waals surface area contributed by atoms with Crippen molar-refractivity contribution in [2.24, 2.45) is 0 Å². The first-order chi connectivity index (χ1) is 26.0. The van der Waals surface area contributed by atoms with Crippen molar-refractivity contribution in [1.29, 1.82) is 0 Å². The van der Waals surface area contributed by atoms with Gasteiger partial charge < -0.3 is 8.98 Å². The van der Waals surface area contributed by atoms with E-state index in [9.17, 15) is 0 Å². The molecule has 0 fully saturated rings. The van der Waals surface area contributed by atoms with E-state index >= 15 is 0 Å². The number of fused-ring (bicyclic) bond motifs is 10. The predicted octanol–water partition coefficient (Wildman–Crippen LogP) is 12.2. The highest BCUT2D eigenvalue weighted by molar-refractivity contribution is 6.15. The van der Waals surface area contributed by atoms with Crippen LogP contribution in [0.15, 0.2) is 162 Å². The Bertz CT molecular complexity index is 3020. The summed E-state index contributed by atoms with van der Waals surface area (Å²) in [5.74, 6) is 1.93. The normalized spacial score (nSPS) is 13.2. The summed E-state index contributed by atoms with van der Waals surface area (Å²) >= 11 is 0. The van der Waals surface area contributed by atoms with E-state index in [2.05, 4.69) is 109 Å². The molecule has 0 amide bonds. The lowest BCUT2D eigenvalue weighted by Gasteiger charge is -2.22. The molecule has 3 heterocycles. The molecule has 7 aromatic carbocycles. The van der Waals surface area contributed by atoms with Gasteiger partial charge in [0.1, 0.15) is 11.2 Å². The zero-order valence-corrected chi connectivity index (χ0v) is 29.2. The maximum absolute atomic E-state index is 6.38. The number of para-hydroxylation sites is 2. The van der Waals surface area contributed by atoms with Crippen molar-refractivity contribution in [3.05, 3.63) is 169 Å². The fourth-order valence-electron chi connectivity index (χ4n) is 8.58. The largest absolute Gasteiger partial charge is 0.456 e. The monoisotopic (exact) mass is 680 g/mol. The van der Waals surface area contributed by atoms with Crippen LogP contribution in [0, 0.1) is 0 Å². The highest BCUT2D eigenvalue weighted by Gasteiger charge is 2.39. The molecule has 5 heteroatoms. The predicted molar refractivity (Wildman–Crippen MR) is 215 cm³/mol. The lowest BCUT2D eigenvalue weighted by molar-refractivity contribution is 0.650. The van der Waals surface area contributed by atoms with Crippen LogP contribution >= 0.6 is 0 Å². The van der Waals surface area contributed by atoms with E-state index in [-0.39, 0.29) is 5.41 Å². The Kier molecular flexibility index (Phi) is 6.23. The molecular weight excluding hydrogens is 649 g/mol. The Balaban J connectivity index is 1.12. The van der Waals surface area contributed by atoms with Crippen LogP contribution in [0.5, 0.6) is 0 Å². The molecule has 0 aliphatic heterocycles. The van der Waals surface area contributed by atoms with Gasteiger partial charge in [-0.05, 0) is 64.7 Å². The summed E-state index contributed by atoms with van der Waals surface area (Å²) in [7, 11) is 0. The van der Waals surface area contributed by atoms with Crippen molar-refractivity contribution in [1.82, 2.24) is 19.5 Å². The number of hydrogen-bond acceptors (Lipinski definition) is 4. The molecule has 0 bridgehead atoms. The van der Waals surface area contributed by atoms with Gasteiger partial charge in [-0.2, -0.15) is 0 Å². The topological polar surface area (TPSA) is 56.7 Å². The van der Waals surface area contributed by atoms with Gasteiger partial charge in [0.05, 0.1) is 11.0 Å². The fraction of sp³-hybridized carbons (Fsp3) is 0.0625. The van der Waals surface area contributed by atoms with Gasteiger partial charge in [0.25, 0.3) is 0 Å². The standard InChI is InChI=1S/C48H32N4O/c1-48(2)38-28-42-37(33-20-10-12-23-41(33)53-42)27-36(38)34-24-25-40-43(44(34)48)35-21-9-11-22-39(35)52(40)32-19-13-18-31(26-32)47-50-45(29-14-5-3-6-15-29)49-46(51-47)30-16-7-4-8-17-30/h3-28H,1-2H3. The van der Waals surface area contributed by atoms with Crippen LogP contribution in [0.1, 0.15) is 25.0 Å². The summed E-state index contributed by atoms with van der Waals surface area (Å²) in [6, 6.07) is 55.2. The number of hydrogen-bond donors (Lipinski definition) is 0. The summed E-state index contributed by atoms with van der Waals surface area (Å²) in [6.07, 6.45) is 0. The number of rotatable bonds is 4. The maximum Gasteiger partial charge on any atom is 0.164 e. The lowest BCUT2D eigenvalue weighted by Crippen LogP contribution is -2.15. The molecule has 10 aromatic rings. The highest BCUT2D eigenvalue weighted by Crippen LogP contribution is 2.54. The maximum atomic E-state index is 6.38. The van der Waals surface area contributed by atoms with Crippen LogP contribution in [0.2, 0.25) is 0 Å². The Morgan fingerprint density at radius 3 is 1.83 bits per heavy atom. The second-order valence-electron chi connectivity index (χ2n) is 14.4. The number of nitrogens with zero attached hydrogens (tertiary/aromatic N) is 4. The Morgan fingerprint density at radius 2 is 1.09 bits per heavy atom. The van der Waals surface area contributed by atoms with Gasteiger partial charge in [-0.15, -0.1) is 0 Å². The van der Waals surface area contributed by atoms with Crippen molar-refractivity contribution in [3.8, 4) is 51.0 Å². The molecule has 11 rings (SSSR count). The van der Waals surface area contributed by atoms with E-state index in [4.69, 9.17) is 19.4 Å². The zero-order valence-electron chi connectivity index (χ0n) is 29.2. The highest BCUT2D eigenvalue weighted by atomic mass is 16.3. The van der Waals surface area contributed by atoms with Crippen LogP contribution in [0.25, 0.3) is 94.7 Å². The van der Waals surface area contributed by atoms with Gasteiger partial charge in [-0.25, -0.2) is 15.0 Å². The van der Waals surface area contributed by atoms with Crippen molar-refractivity contribution in [2.75, 3.05) is 0 Å². The molecular formula is C48H32N4O. The molecule has 3 aromatic heterocycles. The lowest BCUT2D eigenvalue weighted by atomic mass is 9.80. The number of furan rings is 1. The first-order valence-electron chi connectivity index (χ1n) is 18.0. The molecule has 0 radical (unpaired) electrons. The first-order valence-corrected chi connectivity index (χ1v) is 18.0. The minimum absolute atomic E-state index is 0.249. The van der Waals surface area contributed by atoms with E-state index in [1.165, 1.54) is 38.5 Å². The summed E-state index contributed by atoms with van der Waals surface area (Å²) in [5, 5.41) is 4.83. The summed E-state index contributed by atoms with van der Waals surface area (Å²) in [5.41, 5.74) is 13.0. The minimum atomic E-state index is -0.249. The Morgan fingerprint density at radius 1 is 0.472 bits per heavy atom. The second kappa shape index (κ2) is 11.1. The van der Waals surface area contributed by atoms with Crippen LogP contribution in [0.4, 0.5) is 0 Å². The molecule has 0 N–H and O–H groups in total. The van der Waals surface area contributed by atoms with Crippen LogP contribution in [0.3, 0.4) is 0 Å². The Hall–Kier alpha value is -6.85. The molecule has 0 unspecified atom stereocenters. The van der Waals surface area contributed by atoms with Crippen LogP contribution < -0.4 is 0 Å².